The maximum atomic E-state index is 4.00. The lowest BCUT2D eigenvalue weighted by atomic mass is 10.4. The summed E-state index contributed by atoms with van der Waals surface area (Å²) in [7, 11) is 0. The number of rotatable bonds is 4. The average molecular weight is 208 g/mol. The van der Waals surface area contributed by atoms with Gasteiger partial charge in [-0.1, -0.05) is 26.7 Å². The first-order valence-corrected chi connectivity index (χ1v) is 5.81. The summed E-state index contributed by atoms with van der Waals surface area (Å²) in [6, 6.07) is 0. The van der Waals surface area contributed by atoms with Crippen LogP contribution in [0.25, 0.3) is 0 Å². The zero-order valence-electron chi connectivity index (χ0n) is 8.55. The Hall–Kier alpha value is 0.440. The largest absolute Gasteiger partial charge is 0.179 e. The van der Waals surface area contributed by atoms with Gasteiger partial charge in [0.05, 0.1) is 0 Å². The van der Waals surface area contributed by atoms with Gasteiger partial charge in [-0.3, -0.25) is 0 Å². The van der Waals surface area contributed by atoms with Crippen molar-refractivity contribution in [1.29, 1.82) is 0 Å². The van der Waals surface area contributed by atoms with Gasteiger partial charge in [-0.2, -0.15) is 25.3 Å². The number of hydrogen-bond acceptors (Lipinski definition) is 2. The summed E-state index contributed by atoms with van der Waals surface area (Å²) < 4.78 is 0. The molecule has 0 aromatic rings. The summed E-state index contributed by atoms with van der Waals surface area (Å²) in [6.45, 7) is 10.3. The normalized spacial score (nSPS) is 7.33. The van der Waals surface area contributed by atoms with Crippen molar-refractivity contribution in [2.75, 3.05) is 11.5 Å². The van der Waals surface area contributed by atoms with E-state index in [9.17, 15) is 0 Å². The monoisotopic (exact) mass is 208 g/mol. The Kier molecular flexibility index (Phi) is 45.8. The van der Waals surface area contributed by atoms with E-state index in [0.717, 1.165) is 11.5 Å². The molecule has 0 heterocycles. The van der Waals surface area contributed by atoms with Crippen LogP contribution in [-0.2, 0) is 0 Å². The quantitative estimate of drug-likeness (QED) is 0.501. The Bertz CT molecular complexity index is 37.1. The van der Waals surface area contributed by atoms with Crippen LogP contribution in [0.5, 0.6) is 0 Å². The van der Waals surface area contributed by atoms with E-state index in [1.807, 2.05) is 0 Å². The first-order chi connectivity index (χ1) is 5.83. The predicted molar refractivity (Wildman–Crippen MR) is 68.8 cm³/mol. The highest BCUT2D eigenvalue weighted by molar-refractivity contribution is 7.80. The standard InChI is InChI=1S/2C4H10S.C2H4/c2*1-2-3-4-5;1-2/h2*5H,2-4H2,1H3;1-2H2. The molecule has 0 aromatic carbocycles. The van der Waals surface area contributed by atoms with Gasteiger partial charge in [-0.05, 0) is 24.3 Å². The molecular weight excluding hydrogens is 184 g/mol. The molecule has 76 valence electrons. The van der Waals surface area contributed by atoms with E-state index in [4.69, 9.17) is 0 Å². The first-order valence-electron chi connectivity index (χ1n) is 4.55. The van der Waals surface area contributed by atoms with Gasteiger partial charge >= 0.3 is 0 Å². The van der Waals surface area contributed by atoms with Gasteiger partial charge in [0.25, 0.3) is 0 Å². The summed E-state index contributed by atoms with van der Waals surface area (Å²) in [5.41, 5.74) is 0. The zero-order chi connectivity index (χ0) is 10.2. The van der Waals surface area contributed by atoms with E-state index in [1.54, 1.807) is 0 Å². The molecule has 0 rings (SSSR count). The van der Waals surface area contributed by atoms with Gasteiger partial charge in [0, 0.05) is 0 Å². The molecule has 12 heavy (non-hydrogen) atoms. The van der Waals surface area contributed by atoms with E-state index in [2.05, 4.69) is 52.3 Å². The molecule has 0 atom stereocenters. The second-order valence-electron chi connectivity index (χ2n) is 2.15. The van der Waals surface area contributed by atoms with Crippen molar-refractivity contribution < 1.29 is 0 Å². The third-order valence-electron chi connectivity index (χ3n) is 1.02. The van der Waals surface area contributed by atoms with Gasteiger partial charge in [0.1, 0.15) is 0 Å². The van der Waals surface area contributed by atoms with E-state index in [-0.39, 0.29) is 0 Å². The molecule has 0 aliphatic heterocycles. The first kappa shape index (κ1) is 18.3. The van der Waals surface area contributed by atoms with Crippen LogP contribution in [0.3, 0.4) is 0 Å². The molecule has 0 aliphatic carbocycles. The molecule has 0 aromatic heterocycles. The van der Waals surface area contributed by atoms with Crippen molar-refractivity contribution in [3.05, 3.63) is 13.2 Å². The van der Waals surface area contributed by atoms with Gasteiger partial charge < -0.3 is 0 Å². The lowest BCUT2D eigenvalue weighted by Gasteiger charge is -1.78. The lowest BCUT2D eigenvalue weighted by molar-refractivity contribution is 0.899. The fraction of sp³-hybridized carbons (Fsp3) is 0.800. The molecule has 0 bridgehead atoms. The number of unbranched alkanes of at least 4 members (excludes halogenated alkanes) is 2. The Morgan fingerprint density at radius 2 is 1.08 bits per heavy atom. The van der Waals surface area contributed by atoms with E-state index < -0.39 is 0 Å². The fourth-order valence-corrected chi connectivity index (χ4v) is 0.949. The third-order valence-corrected chi connectivity index (χ3v) is 1.66. The minimum atomic E-state index is 1.04. The molecule has 0 fully saturated rings. The summed E-state index contributed by atoms with van der Waals surface area (Å²) >= 11 is 8.00. The predicted octanol–water partition coefficient (Wildman–Crippen LogP) is 4.23. The van der Waals surface area contributed by atoms with Crippen LogP contribution in [0.2, 0.25) is 0 Å². The number of hydrogen-bond donors (Lipinski definition) is 2. The topological polar surface area (TPSA) is 0 Å². The second kappa shape index (κ2) is 30.1. The average Bonchev–Trinajstić information content (AvgIpc) is 2.12. The molecule has 0 saturated carbocycles. The van der Waals surface area contributed by atoms with Crippen molar-refractivity contribution in [2.24, 2.45) is 0 Å². The van der Waals surface area contributed by atoms with Crippen LogP contribution in [0.1, 0.15) is 39.5 Å². The van der Waals surface area contributed by atoms with Gasteiger partial charge in [0.2, 0.25) is 0 Å². The fourth-order valence-electron chi connectivity index (χ4n) is 0.316. The van der Waals surface area contributed by atoms with Crippen molar-refractivity contribution in [3.63, 3.8) is 0 Å². The summed E-state index contributed by atoms with van der Waals surface area (Å²) in [5, 5.41) is 0. The summed E-state index contributed by atoms with van der Waals surface area (Å²) in [6.07, 6.45) is 5.04. The highest BCUT2D eigenvalue weighted by Crippen LogP contribution is 1.86. The van der Waals surface area contributed by atoms with Crippen LogP contribution in [0, 0.1) is 0 Å². The SMILES string of the molecule is C=C.CCCCS.CCCCS. The molecule has 0 saturated heterocycles. The second-order valence-corrected chi connectivity index (χ2v) is 3.05. The van der Waals surface area contributed by atoms with E-state index in [1.165, 1.54) is 25.7 Å². The number of thiol groups is 2. The molecule has 0 amide bonds. The van der Waals surface area contributed by atoms with Crippen molar-refractivity contribution in [1.82, 2.24) is 0 Å². The molecule has 2 heteroatoms. The zero-order valence-corrected chi connectivity index (χ0v) is 10.3. The maximum Gasteiger partial charge on any atom is -0.00980 e. The van der Waals surface area contributed by atoms with Gasteiger partial charge in [-0.25, -0.2) is 0 Å². The van der Waals surface area contributed by atoms with E-state index >= 15 is 0 Å². The van der Waals surface area contributed by atoms with Gasteiger partial charge in [0.15, 0.2) is 0 Å². The molecule has 0 radical (unpaired) electrons. The van der Waals surface area contributed by atoms with E-state index in [0.29, 0.717) is 0 Å². The van der Waals surface area contributed by atoms with Crippen LogP contribution < -0.4 is 0 Å². The van der Waals surface area contributed by atoms with Gasteiger partial charge in [-0.15, -0.1) is 13.2 Å². The molecule has 0 N–H and O–H groups in total. The highest BCUT2D eigenvalue weighted by atomic mass is 32.1. The van der Waals surface area contributed by atoms with Crippen molar-refractivity contribution in [3.8, 4) is 0 Å². The minimum Gasteiger partial charge on any atom is -0.179 e. The molecule has 0 aliphatic rings. The van der Waals surface area contributed by atoms with Crippen molar-refractivity contribution in [2.45, 2.75) is 39.5 Å². The maximum absolute atomic E-state index is 4.00. The molecular formula is C10H24S2. The Morgan fingerprint density at radius 1 is 0.833 bits per heavy atom. The Morgan fingerprint density at radius 3 is 1.08 bits per heavy atom. The molecule has 0 nitrogen and oxygen atoms in total. The Labute approximate surface area is 89.7 Å². The smallest absolute Gasteiger partial charge is 0.00980 e. The van der Waals surface area contributed by atoms with Crippen LogP contribution in [0.4, 0.5) is 0 Å². The van der Waals surface area contributed by atoms with Crippen LogP contribution in [0.15, 0.2) is 13.2 Å². The summed E-state index contributed by atoms with van der Waals surface area (Å²) in [5.74, 6) is 2.08. The third kappa shape index (κ3) is 47.2. The minimum absolute atomic E-state index is 1.04. The highest BCUT2D eigenvalue weighted by Gasteiger charge is 1.69. The van der Waals surface area contributed by atoms with Crippen molar-refractivity contribution >= 4 is 25.3 Å². The van der Waals surface area contributed by atoms with Crippen LogP contribution in [-0.4, -0.2) is 11.5 Å². The summed E-state index contributed by atoms with van der Waals surface area (Å²) in [4.78, 5) is 0. The van der Waals surface area contributed by atoms with Crippen LogP contribution >= 0.6 is 25.3 Å². The molecule has 0 spiro atoms. The Balaban J connectivity index is -0.000000112. The lowest BCUT2D eigenvalue weighted by Crippen LogP contribution is -1.65. The molecule has 0 unspecified atom stereocenters.